The topological polar surface area (TPSA) is 17.8 Å². The Morgan fingerprint density at radius 1 is 0.886 bits per heavy atom. The van der Waals surface area contributed by atoms with Gasteiger partial charge in [-0.05, 0) is 84.5 Å². The van der Waals surface area contributed by atoms with Crippen LogP contribution in [0.5, 0.6) is 0 Å². The number of fused-ring (bicyclic) bond motifs is 3. The van der Waals surface area contributed by atoms with Gasteiger partial charge in [0.15, 0.2) is 0 Å². The van der Waals surface area contributed by atoms with Gasteiger partial charge in [-0.15, -0.1) is 23.8 Å². The number of nitrogens with zero attached hydrogens (tertiary/aromatic N) is 2. The number of hydrogen-bond acceptors (Lipinski definition) is 2. The Morgan fingerprint density at radius 3 is 2.37 bits per heavy atom. The Morgan fingerprint density at radius 2 is 1.63 bits per heavy atom. The molecule has 183 valence electrons. The van der Waals surface area contributed by atoms with E-state index in [4.69, 9.17) is 4.98 Å². The third-order valence-electron chi connectivity index (χ3n) is 7.45. The van der Waals surface area contributed by atoms with Gasteiger partial charge >= 0.3 is 0 Å². The first-order chi connectivity index (χ1) is 16.5. The Labute approximate surface area is 226 Å². The van der Waals surface area contributed by atoms with E-state index in [1.165, 1.54) is 85.8 Å². The molecular weight excluding hydrogens is 625 g/mol. The maximum absolute atomic E-state index is 4.80. The zero-order chi connectivity index (χ0) is 23.8. The molecule has 5 rings (SSSR count). The first-order valence-electron chi connectivity index (χ1n) is 12.5. The van der Waals surface area contributed by atoms with Crippen molar-refractivity contribution in [3.63, 3.8) is 0 Å². The second-order valence-electron chi connectivity index (χ2n) is 9.48. The second kappa shape index (κ2) is 10.8. The summed E-state index contributed by atoms with van der Waals surface area (Å²) >= 11 is 1.83. The molecule has 1 radical (unpaired) electrons. The predicted octanol–water partition coefficient (Wildman–Crippen LogP) is 9.06. The molecule has 5 aromatic rings. The summed E-state index contributed by atoms with van der Waals surface area (Å²) in [6.07, 6.45) is 10.4. The fourth-order valence-electron chi connectivity index (χ4n) is 5.32. The van der Waals surface area contributed by atoms with E-state index in [0.29, 0.717) is 0 Å². The van der Waals surface area contributed by atoms with Crippen LogP contribution in [-0.2, 0) is 26.5 Å². The third-order valence-corrected chi connectivity index (χ3v) is 8.59. The Hall–Kier alpha value is -2.26. The number of imidazole rings is 1. The van der Waals surface area contributed by atoms with Gasteiger partial charge in [0.05, 0.1) is 5.82 Å². The zero-order valence-corrected chi connectivity index (χ0v) is 24.5. The maximum atomic E-state index is 4.80. The first kappa shape index (κ1) is 25.8. The van der Waals surface area contributed by atoms with E-state index in [1.807, 2.05) is 17.5 Å². The molecule has 0 saturated heterocycles. The van der Waals surface area contributed by atoms with Crippen molar-refractivity contribution in [3.05, 3.63) is 82.7 Å². The number of benzene rings is 3. The smallest absolute Gasteiger partial charge is 0.0603 e. The molecular formula is C31H33IrN2S-. The SMILES string of the molecule is CCCCCCc1c(C)c(C)c(-n2ccnc2-c2[c-]cc3sc4ccccc4c3c2)c(C)c1C.[Ir]. The molecule has 0 spiro atoms. The first-order valence-corrected chi connectivity index (χ1v) is 13.3. The molecule has 3 aromatic carbocycles. The van der Waals surface area contributed by atoms with Gasteiger partial charge in [0.1, 0.15) is 0 Å². The molecule has 0 N–H and O–H groups in total. The van der Waals surface area contributed by atoms with Crippen LogP contribution in [0.15, 0.2) is 48.8 Å². The van der Waals surface area contributed by atoms with Gasteiger partial charge in [0.25, 0.3) is 0 Å². The van der Waals surface area contributed by atoms with Gasteiger partial charge in [0, 0.05) is 42.9 Å². The fraction of sp³-hybridized carbons (Fsp3) is 0.323. The van der Waals surface area contributed by atoms with Crippen molar-refractivity contribution < 1.29 is 20.1 Å². The summed E-state index contributed by atoms with van der Waals surface area (Å²) < 4.78 is 4.87. The molecule has 2 nitrogen and oxygen atoms in total. The largest absolute Gasteiger partial charge is 0.340 e. The van der Waals surface area contributed by atoms with Crippen molar-refractivity contribution in [1.29, 1.82) is 0 Å². The average molecular weight is 658 g/mol. The molecule has 4 heteroatoms. The van der Waals surface area contributed by atoms with E-state index in [9.17, 15) is 0 Å². The minimum Gasteiger partial charge on any atom is -0.340 e. The quantitative estimate of drug-likeness (QED) is 0.126. The molecule has 0 aliphatic rings. The van der Waals surface area contributed by atoms with Crippen LogP contribution in [0, 0.1) is 33.8 Å². The molecule has 0 aliphatic carbocycles. The monoisotopic (exact) mass is 658 g/mol. The van der Waals surface area contributed by atoms with Gasteiger partial charge in [0.2, 0.25) is 0 Å². The summed E-state index contributed by atoms with van der Waals surface area (Å²) in [6.45, 7) is 11.4. The van der Waals surface area contributed by atoms with Crippen LogP contribution in [0.1, 0.15) is 60.4 Å². The minimum absolute atomic E-state index is 0. The summed E-state index contributed by atoms with van der Waals surface area (Å²) in [5, 5.41) is 2.59. The van der Waals surface area contributed by atoms with Gasteiger partial charge in [-0.3, -0.25) is 4.98 Å². The molecule has 0 aliphatic heterocycles. The number of unbranched alkanes of at least 4 members (excludes halogenated alkanes) is 3. The van der Waals surface area contributed by atoms with Crippen LogP contribution < -0.4 is 0 Å². The molecule has 0 atom stereocenters. The van der Waals surface area contributed by atoms with Crippen LogP contribution in [0.2, 0.25) is 0 Å². The van der Waals surface area contributed by atoms with Crippen molar-refractivity contribution in [3.8, 4) is 17.1 Å². The minimum atomic E-state index is 0. The molecule has 0 fully saturated rings. The molecule has 2 aromatic heterocycles. The standard InChI is InChI=1S/C31H33N2S.Ir/c1-6-7-8-9-12-25-20(2)22(4)30(23(5)21(25)3)33-18-17-32-31(33)24-15-16-29-27(19-24)26-13-10-11-14-28(26)34-29;/h10-11,13-14,16-19H,6-9,12H2,1-5H3;/q-1;. The van der Waals surface area contributed by atoms with E-state index in [-0.39, 0.29) is 20.1 Å². The number of thiophene rings is 1. The number of rotatable bonds is 7. The van der Waals surface area contributed by atoms with E-state index >= 15 is 0 Å². The number of hydrogen-bond donors (Lipinski definition) is 0. The fourth-order valence-corrected chi connectivity index (χ4v) is 6.39. The Kier molecular flexibility index (Phi) is 7.95. The third kappa shape index (κ3) is 4.64. The molecule has 2 heterocycles. The summed E-state index contributed by atoms with van der Waals surface area (Å²) in [5.74, 6) is 0.956. The van der Waals surface area contributed by atoms with Crippen LogP contribution in [0.3, 0.4) is 0 Å². The average Bonchev–Trinajstić information content (AvgIpc) is 3.47. The Bertz CT molecular complexity index is 1460. The van der Waals surface area contributed by atoms with Crippen molar-refractivity contribution in [2.24, 2.45) is 0 Å². The molecule has 0 bridgehead atoms. The molecule has 0 unspecified atom stereocenters. The van der Waals surface area contributed by atoms with E-state index < -0.39 is 0 Å². The summed E-state index contributed by atoms with van der Waals surface area (Å²) in [4.78, 5) is 4.80. The van der Waals surface area contributed by atoms with Gasteiger partial charge in [-0.2, -0.15) is 11.3 Å². The molecule has 0 saturated carbocycles. The van der Waals surface area contributed by atoms with Crippen molar-refractivity contribution in [2.45, 2.75) is 66.7 Å². The van der Waals surface area contributed by atoms with Crippen LogP contribution >= 0.6 is 11.3 Å². The summed E-state index contributed by atoms with van der Waals surface area (Å²) in [6, 6.07) is 16.6. The molecule has 0 amide bonds. The van der Waals surface area contributed by atoms with Gasteiger partial charge < -0.3 is 4.57 Å². The summed E-state index contributed by atoms with van der Waals surface area (Å²) in [7, 11) is 0. The van der Waals surface area contributed by atoms with Gasteiger partial charge in [-0.1, -0.05) is 49.8 Å². The van der Waals surface area contributed by atoms with Crippen molar-refractivity contribution in [1.82, 2.24) is 9.55 Å². The van der Waals surface area contributed by atoms with E-state index in [2.05, 4.69) is 87.8 Å². The van der Waals surface area contributed by atoms with E-state index in [0.717, 1.165) is 11.4 Å². The Balaban J connectivity index is 0.00000289. The zero-order valence-electron chi connectivity index (χ0n) is 21.3. The predicted molar refractivity (Wildman–Crippen MR) is 148 cm³/mol. The van der Waals surface area contributed by atoms with Crippen LogP contribution in [0.4, 0.5) is 0 Å². The van der Waals surface area contributed by atoms with Crippen LogP contribution in [-0.4, -0.2) is 9.55 Å². The number of aromatic nitrogens is 2. The van der Waals surface area contributed by atoms with Crippen molar-refractivity contribution >= 4 is 31.5 Å². The summed E-state index contributed by atoms with van der Waals surface area (Å²) in [5.41, 5.74) is 9.41. The normalized spacial score (nSPS) is 11.3. The van der Waals surface area contributed by atoms with E-state index in [1.54, 1.807) is 0 Å². The molecule has 35 heavy (non-hydrogen) atoms. The van der Waals surface area contributed by atoms with Gasteiger partial charge in [-0.25, -0.2) is 0 Å². The maximum Gasteiger partial charge on any atom is 0.0603 e. The van der Waals surface area contributed by atoms with Crippen molar-refractivity contribution in [2.75, 3.05) is 0 Å². The second-order valence-corrected chi connectivity index (χ2v) is 10.6. The van der Waals surface area contributed by atoms with Crippen LogP contribution in [0.25, 0.3) is 37.2 Å².